The summed E-state index contributed by atoms with van der Waals surface area (Å²) in [7, 11) is -4.10. The van der Waals surface area contributed by atoms with E-state index in [0.29, 0.717) is 22.4 Å². The van der Waals surface area contributed by atoms with Crippen molar-refractivity contribution < 1.29 is 28.0 Å². The number of carbonyl (C=O) groups excluding carboxylic acids is 1. The molecule has 33 heavy (non-hydrogen) atoms. The Morgan fingerprint density at radius 2 is 1.82 bits per heavy atom. The van der Waals surface area contributed by atoms with Crippen LogP contribution in [0.3, 0.4) is 0 Å². The van der Waals surface area contributed by atoms with Crippen LogP contribution in [0, 0.1) is 12.3 Å². The first-order valence-electron chi connectivity index (χ1n) is 9.69. The molecular weight excluding hydrogens is 450 g/mol. The van der Waals surface area contributed by atoms with Crippen molar-refractivity contribution >= 4 is 33.4 Å². The number of hydrogen-bond acceptors (Lipinski definition) is 7. The van der Waals surface area contributed by atoms with Gasteiger partial charge >= 0.3 is 5.97 Å². The van der Waals surface area contributed by atoms with Crippen LogP contribution in [-0.2, 0) is 24.4 Å². The number of carboxylic acid groups (broad SMARTS) is 1. The fourth-order valence-electron chi connectivity index (χ4n) is 2.62. The van der Waals surface area contributed by atoms with Crippen molar-refractivity contribution in [2.24, 2.45) is 10.9 Å². The molecule has 0 radical (unpaired) electrons. The Labute approximate surface area is 191 Å². The molecule has 0 aliphatic rings. The van der Waals surface area contributed by atoms with Gasteiger partial charge in [0.15, 0.2) is 6.61 Å². The molecule has 0 aliphatic heterocycles. The number of nitrogens with two attached hydrogens (primary N) is 1. The van der Waals surface area contributed by atoms with Gasteiger partial charge in [-0.3, -0.25) is 15.0 Å². The number of carboxylic acids is 1. The first-order chi connectivity index (χ1) is 15.5. The molecule has 2 aromatic rings. The van der Waals surface area contributed by atoms with E-state index in [0.717, 1.165) is 0 Å². The second-order valence-electron chi connectivity index (χ2n) is 7.07. The van der Waals surface area contributed by atoms with Crippen molar-refractivity contribution in [1.29, 1.82) is 5.41 Å². The summed E-state index contributed by atoms with van der Waals surface area (Å²) in [5.41, 5.74) is 7.81. The standard InChI is InChI=1S/C21H25N5O6S/c1-13-4-3-5-17(10-13)33(30,31)26-18(21(28)29)11-24-19(27)12-32-25-14(2)15-6-8-16(9-7-15)20(22)23/h3-10,18,26H,11-12H2,1-2H3,(H3,22,23)(H,24,27)(H,28,29)/b25-14-. The van der Waals surface area contributed by atoms with Crippen molar-refractivity contribution in [1.82, 2.24) is 10.0 Å². The zero-order chi connectivity index (χ0) is 24.6. The van der Waals surface area contributed by atoms with E-state index in [9.17, 15) is 23.1 Å². The number of nitrogens with zero attached hydrogens (tertiary/aromatic N) is 1. The molecule has 176 valence electrons. The maximum atomic E-state index is 12.4. The summed E-state index contributed by atoms with van der Waals surface area (Å²) in [6.07, 6.45) is 0. The number of benzene rings is 2. The van der Waals surface area contributed by atoms with Crippen LogP contribution >= 0.6 is 0 Å². The first kappa shape index (κ1) is 25.5. The molecule has 2 rings (SSSR count). The van der Waals surface area contributed by atoms with E-state index in [-0.39, 0.29) is 10.7 Å². The number of amidine groups is 1. The van der Waals surface area contributed by atoms with Gasteiger partial charge in [0.05, 0.1) is 10.6 Å². The highest BCUT2D eigenvalue weighted by Gasteiger charge is 2.26. The van der Waals surface area contributed by atoms with E-state index >= 15 is 0 Å². The monoisotopic (exact) mass is 475 g/mol. The number of rotatable bonds is 11. The molecule has 0 heterocycles. The lowest BCUT2D eigenvalue weighted by Gasteiger charge is -2.15. The van der Waals surface area contributed by atoms with Gasteiger partial charge in [-0.2, -0.15) is 4.72 Å². The number of nitrogen functional groups attached to an aromatic ring is 1. The normalized spacial score (nSPS) is 12.6. The molecule has 1 amide bonds. The maximum absolute atomic E-state index is 12.4. The number of hydrogen-bond donors (Lipinski definition) is 5. The second kappa shape index (κ2) is 11.2. The largest absolute Gasteiger partial charge is 0.480 e. The van der Waals surface area contributed by atoms with Gasteiger partial charge in [-0.05, 0) is 37.1 Å². The molecule has 6 N–H and O–H groups in total. The number of aryl methyl sites for hydroxylation is 1. The summed E-state index contributed by atoms with van der Waals surface area (Å²) < 4.78 is 26.9. The van der Waals surface area contributed by atoms with E-state index in [2.05, 4.69) is 15.2 Å². The minimum atomic E-state index is -4.10. The van der Waals surface area contributed by atoms with Gasteiger partial charge in [-0.15, -0.1) is 0 Å². The predicted molar refractivity (Wildman–Crippen MR) is 122 cm³/mol. The highest BCUT2D eigenvalue weighted by molar-refractivity contribution is 7.89. The van der Waals surface area contributed by atoms with Crippen molar-refractivity contribution in [3.05, 3.63) is 65.2 Å². The smallest absolute Gasteiger partial charge is 0.323 e. The van der Waals surface area contributed by atoms with Crippen LogP contribution in [-0.4, -0.2) is 56.1 Å². The lowest BCUT2D eigenvalue weighted by Crippen LogP contribution is -2.48. The van der Waals surface area contributed by atoms with Crippen LogP contribution < -0.4 is 15.8 Å². The summed E-state index contributed by atoms with van der Waals surface area (Å²) in [5.74, 6) is -2.19. The lowest BCUT2D eigenvalue weighted by molar-refractivity contribution is -0.139. The van der Waals surface area contributed by atoms with E-state index in [1.165, 1.54) is 12.1 Å². The van der Waals surface area contributed by atoms with Gasteiger partial charge in [-0.1, -0.05) is 41.6 Å². The number of nitrogens with one attached hydrogen (secondary N) is 3. The number of amides is 1. The number of oxime groups is 1. The summed E-state index contributed by atoms with van der Waals surface area (Å²) in [6, 6.07) is 11.1. The molecule has 0 saturated heterocycles. The molecular formula is C21H25N5O6S. The minimum Gasteiger partial charge on any atom is -0.480 e. The van der Waals surface area contributed by atoms with Crippen molar-refractivity contribution in [3.8, 4) is 0 Å². The fraction of sp³-hybridized carbons (Fsp3) is 0.238. The molecule has 0 spiro atoms. The van der Waals surface area contributed by atoms with Crippen LogP contribution in [0.1, 0.15) is 23.6 Å². The van der Waals surface area contributed by atoms with E-state index in [1.54, 1.807) is 50.2 Å². The van der Waals surface area contributed by atoms with Gasteiger partial charge in [0.1, 0.15) is 11.9 Å². The Kier molecular flexibility index (Phi) is 8.65. The van der Waals surface area contributed by atoms with E-state index in [1.807, 2.05) is 0 Å². The molecule has 0 fully saturated rings. The summed E-state index contributed by atoms with van der Waals surface area (Å²) >= 11 is 0. The maximum Gasteiger partial charge on any atom is 0.323 e. The van der Waals surface area contributed by atoms with E-state index in [4.69, 9.17) is 16.0 Å². The van der Waals surface area contributed by atoms with Gasteiger partial charge in [-0.25, -0.2) is 8.42 Å². The summed E-state index contributed by atoms with van der Waals surface area (Å²) in [6.45, 7) is 2.37. The van der Waals surface area contributed by atoms with Gasteiger partial charge in [0.2, 0.25) is 10.0 Å². The zero-order valence-electron chi connectivity index (χ0n) is 18.0. The summed E-state index contributed by atoms with van der Waals surface area (Å²) in [5, 5.41) is 22.8. The minimum absolute atomic E-state index is 0.0649. The highest BCUT2D eigenvalue weighted by atomic mass is 32.2. The third kappa shape index (κ3) is 7.70. The Bertz CT molecular complexity index is 1160. The predicted octanol–water partition coefficient (Wildman–Crippen LogP) is 0.568. The Morgan fingerprint density at radius 1 is 1.18 bits per heavy atom. The van der Waals surface area contributed by atoms with Crippen LogP contribution in [0.25, 0.3) is 0 Å². The number of aliphatic carboxylic acids is 1. The molecule has 0 aliphatic carbocycles. The molecule has 1 atom stereocenters. The van der Waals surface area contributed by atoms with Crippen LogP contribution in [0.2, 0.25) is 0 Å². The second-order valence-corrected chi connectivity index (χ2v) is 8.79. The van der Waals surface area contributed by atoms with E-state index < -0.39 is 41.1 Å². The third-order valence-corrected chi connectivity index (χ3v) is 5.88. The van der Waals surface area contributed by atoms with Crippen LogP contribution in [0.4, 0.5) is 0 Å². The highest BCUT2D eigenvalue weighted by Crippen LogP contribution is 2.11. The van der Waals surface area contributed by atoms with Crippen LogP contribution in [0.5, 0.6) is 0 Å². The molecule has 1 unspecified atom stereocenters. The van der Waals surface area contributed by atoms with Gasteiger partial charge < -0.3 is 21.0 Å². The SMILES string of the molecule is C/C(=N/OCC(=O)NCC(NS(=O)(=O)c1cccc(C)c1)C(=O)O)c1ccc(C(=N)N)cc1. The lowest BCUT2D eigenvalue weighted by atomic mass is 10.1. The molecule has 2 aromatic carbocycles. The Hall–Kier alpha value is -3.77. The molecule has 0 saturated carbocycles. The average molecular weight is 476 g/mol. The zero-order valence-corrected chi connectivity index (χ0v) is 18.8. The average Bonchev–Trinajstić information content (AvgIpc) is 2.76. The van der Waals surface area contributed by atoms with Crippen molar-refractivity contribution in [3.63, 3.8) is 0 Å². The summed E-state index contributed by atoms with van der Waals surface area (Å²) in [4.78, 5) is 28.3. The number of carbonyl (C=O) groups is 2. The van der Waals surface area contributed by atoms with Crippen molar-refractivity contribution in [2.75, 3.05) is 13.2 Å². The quantitative estimate of drug-likeness (QED) is 0.179. The van der Waals surface area contributed by atoms with Gasteiger partial charge in [0, 0.05) is 12.1 Å². The first-order valence-corrected chi connectivity index (χ1v) is 11.2. The van der Waals surface area contributed by atoms with Gasteiger partial charge in [0.25, 0.3) is 5.91 Å². The molecule has 0 bridgehead atoms. The van der Waals surface area contributed by atoms with Crippen LogP contribution in [0.15, 0.2) is 58.6 Å². The Morgan fingerprint density at radius 3 is 2.39 bits per heavy atom. The topological polar surface area (TPSA) is 184 Å². The molecule has 11 nitrogen and oxygen atoms in total. The third-order valence-electron chi connectivity index (χ3n) is 4.41. The number of sulfonamides is 1. The molecule has 0 aromatic heterocycles. The van der Waals surface area contributed by atoms with Crippen molar-refractivity contribution in [2.45, 2.75) is 24.8 Å². The molecule has 12 heteroatoms. The Balaban J connectivity index is 1.90. The fourth-order valence-corrected chi connectivity index (χ4v) is 3.91.